The zero-order chi connectivity index (χ0) is 19.0. The molecule has 3 N–H and O–H groups in total. The number of rotatable bonds is 12. The molecule has 7 nitrogen and oxygen atoms in total. The zero-order valence-electron chi connectivity index (χ0n) is 13.7. The number of benzene rings is 1. The first-order chi connectivity index (χ1) is 12.4. The average molecular weight is 461 g/mol. The molecule has 0 spiro atoms. The molecule has 146 valence electrons. The highest BCUT2D eigenvalue weighted by molar-refractivity contribution is 7.99. The smallest absolute Gasteiger partial charge is 0.340 e. The van der Waals surface area contributed by atoms with Gasteiger partial charge >= 0.3 is 7.60 Å². The van der Waals surface area contributed by atoms with Gasteiger partial charge in [-0.3, -0.25) is 4.57 Å². The summed E-state index contributed by atoms with van der Waals surface area (Å²) in [7, 11) is -4.10. The number of thiazole rings is 1. The van der Waals surface area contributed by atoms with Crippen molar-refractivity contribution in [1.82, 2.24) is 9.71 Å². The average Bonchev–Trinajstić information content (AvgIpc) is 2.95. The lowest BCUT2D eigenvalue weighted by atomic mass is 10.3. The Hall–Kier alpha value is -0.250. The van der Waals surface area contributed by atoms with E-state index in [0.717, 1.165) is 28.6 Å². The van der Waals surface area contributed by atoms with Crippen molar-refractivity contribution in [2.24, 2.45) is 0 Å². The van der Waals surface area contributed by atoms with Crippen molar-refractivity contribution >= 4 is 64.3 Å². The molecule has 0 bridgehead atoms. The third kappa shape index (κ3) is 7.40. The Morgan fingerprint density at radius 3 is 2.35 bits per heavy atom. The third-order valence-electron chi connectivity index (χ3n) is 2.94. The molecule has 0 amide bonds. The molecule has 1 aromatic carbocycles. The Bertz CT molecular complexity index is 711. The van der Waals surface area contributed by atoms with Crippen LogP contribution in [0.2, 0.25) is 0 Å². The van der Waals surface area contributed by atoms with Crippen molar-refractivity contribution in [2.75, 3.05) is 31.3 Å². The van der Waals surface area contributed by atoms with Gasteiger partial charge in [0.1, 0.15) is 6.29 Å². The van der Waals surface area contributed by atoms with Crippen LogP contribution in [0.4, 0.5) is 0 Å². The molecule has 0 radical (unpaired) electrons. The maximum absolute atomic E-state index is 10.9. The molecule has 0 unspecified atom stereocenters. The quantitative estimate of drug-likeness (QED) is 0.189. The lowest BCUT2D eigenvalue weighted by Crippen LogP contribution is -2.05. The molecule has 1 heterocycles. The van der Waals surface area contributed by atoms with E-state index in [1.807, 2.05) is 6.07 Å². The van der Waals surface area contributed by atoms with E-state index in [1.165, 1.54) is 11.3 Å². The monoisotopic (exact) mass is 460 g/mol. The Kier molecular flexibility index (Phi) is 9.26. The van der Waals surface area contributed by atoms with Gasteiger partial charge in [0, 0.05) is 23.9 Å². The van der Waals surface area contributed by atoms with Crippen molar-refractivity contribution < 1.29 is 23.8 Å². The summed E-state index contributed by atoms with van der Waals surface area (Å²) < 4.78 is 26.5. The second-order valence-electron chi connectivity index (χ2n) is 5.10. The largest absolute Gasteiger partial charge is 0.490 e. The number of ether oxygens (including phenoxy) is 2. The van der Waals surface area contributed by atoms with Crippen LogP contribution in [0, 0.1) is 0 Å². The number of nitrogens with zero attached hydrogens (tertiary/aromatic N) is 1. The highest BCUT2D eigenvalue weighted by atomic mass is 35.5. The molecular formula is C14H19Cl2N2O5PS2. The van der Waals surface area contributed by atoms with E-state index >= 15 is 0 Å². The van der Waals surface area contributed by atoms with Crippen LogP contribution >= 0.6 is 54.1 Å². The molecular weight excluding hydrogens is 442 g/mol. The Morgan fingerprint density at radius 2 is 1.77 bits per heavy atom. The maximum atomic E-state index is 10.9. The lowest BCUT2D eigenvalue weighted by Gasteiger charge is -2.12. The molecule has 0 aliphatic heterocycles. The van der Waals surface area contributed by atoms with Gasteiger partial charge in [0.05, 0.1) is 23.4 Å². The van der Waals surface area contributed by atoms with E-state index < -0.39 is 13.9 Å². The Balaban J connectivity index is 2.15. The van der Waals surface area contributed by atoms with Crippen LogP contribution < -0.4 is 14.2 Å². The van der Waals surface area contributed by atoms with Crippen LogP contribution in [0.3, 0.4) is 0 Å². The summed E-state index contributed by atoms with van der Waals surface area (Å²) in [5.41, 5.74) is 0.723. The fourth-order valence-electron chi connectivity index (χ4n) is 1.84. The van der Waals surface area contributed by atoms with E-state index in [2.05, 4.69) is 9.71 Å². The van der Waals surface area contributed by atoms with Crippen molar-refractivity contribution in [3.63, 3.8) is 0 Å². The summed E-state index contributed by atoms with van der Waals surface area (Å²) in [6.07, 6.45) is 1.01. The van der Waals surface area contributed by atoms with Crippen LogP contribution in [-0.4, -0.2) is 46.0 Å². The first-order valence-corrected chi connectivity index (χ1v) is 12.2. The van der Waals surface area contributed by atoms with Crippen LogP contribution in [-0.2, 0) is 4.57 Å². The van der Waals surface area contributed by atoms with Crippen molar-refractivity contribution in [2.45, 2.75) is 17.2 Å². The number of alkyl halides is 2. The van der Waals surface area contributed by atoms with Gasteiger partial charge in [-0.15, -0.1) is 34.5 Å². The zero-order valence-corrected chi connectivity index (χ0v) is 17.7. The SMILES string of the molecule is O=P(O)(O)CNSc1nc2cc(OCCCCl)c(OCCCCl)cc2s1. The molecule has 1 aromatic heterocycles. The van der Waals surface area contributed by atoms with E-state index in [0.29, 0.717) is 47.2 Å². The molecule has 0 saturated carbocycles. The summed E-state index contributed by atoms with van der Waals surface area (Å²) in [6, 6.07) is 3.65. The van der Waals surface area contributed by atoms with Gasteiger partial charge in [0.25, 0.3) is 0 Å². The Morgan fingerprint density at radius 1 is 1.15 bits per heavy atom. The van der Waals surface area contributed by atoms with Gasteiger partial charge in [-0.05, 0) is 24.8 Å². The second kappa shape index (κ2) is 10.9. The van der Waals surface area contributed by atoms with E-state index in [-0.39, 0.29) is 0 Å². The molecule has 2 aromatic rings. The minimum Gasteiger partial charge on any atom is -0.490 e. The molecule has 12 heteroatoms. The predicted octanol–water partition coefficient (Wildman–Crippen LogP) is 4.04. The van der Waals surface area contributed by atoms with Crippen LogP contribution in [0.25, 0.3) is 10.2 Å². The molecule has 2 rings (SSSR count). The minimum absolute atomic E-state index is 0.423. The summed E-state index contributed by atoms with van der Waals surface area (Å²) >= 11 is 13.8. The van der Waals surface area contributed by atoms with Gasteiger partial charge in [-0.25, -0.2) is 9.71 Å². The topological polar surface area (TPSA) is 101 Å². The van der Waals surface area contributed by atoms with Crippen LogP contribution in [0.1, 0.15) is 12.8 Å². The number of halogens is 2. The van der Waals surface area contributed by atoms with E-state index in [9.17, 15) is 4.57 Å². The van der Waals surface area contributed by atoms with E-state index in [4.69, 9.17) is 42.5 Å². The number of fused-ring (bicyclic) bond motifs is 1. The molecule has 0 saturated heterocycles. The van der Waals surface area contributed by atoms with Gasteiger partial charge in [-0.1, -0.05) is 0 Å². The first-order valence-electron chi connectivity index (χ1n) is 7.69. The molecule has 0 atom stereocenters. The lowest BCUT2D eigenvalue weighted by molar-refractivity contribution is 0.270. The number of aromatic nitrogens is 1. The highest BCUT2D eigenvalue weighted by Gasteiger charge is 2.15. The van der Waals surface area contributed by atoms with Crippen LogP contribution in [0.15, 0.2) is 16.5 Å². The second-order valence-corrected chi connectivity index (χ2v) is 9.67. The summed E-state index contributed by atoms with van der Waals surface area (Å²) in [4.78, 5) is 22.2. The highest BCUT2D eigenvalue weighted by Crippen LogP contribution is 2.38. The van der Waals surface area contributed by atoms with Crippen molar-refractivity contribution in [1.29, 1.82) is 0 Å². The fourth-order valence-corrected chi connectivity index (χ4v) is 4.57. The molecule has 0 aliphatic rings. The summed E-state index contributed by atoms with van der Waals surface area (Å²) in [5.74, 6) is 2.22. The molecule has 0 fully saturated rings. The van der Waals surface area contributed by atoms with Crippen LogP contribution in [0.5, 0.6) is 11.5 Å². The van der Waals surface area contributed by atoms with Gasteiger partial charge in [-0.2, -0.15) is 0 Å². The Labute approximate surface area is 169 Å². The van der Waals surface area contributed by atoms with Gasteiger partial charge < -0.3 is 19.3 Å². The van der Waals surface area contributed by atoms with Crippen molar-refractivity contribution in [3.8, 4) is 11.5 Å². The summed E-state index contributed by atoms with van der Waals surface area (Å²) in [5, 5.41) is 0. The number of hydrogen-bond acceptors (Lipinski definition) is 7. The summed E-state index contributed by atoms with van der Waals surface area (Å²) in [6.45, 7) is 0.946. The molecule has 0 aliphatic carbocycles. The van der Waals surface area contributed by atoms with E-state index in [1.54, 1.807) is 6.07 Å². The number of hydrogen-bond donors (Lipinski definition) is 3. The van der Waals surface area contributed by atoms with Gasteiger partial charge in [0.15, 0.2) is 15.8 Å². The first kappa shape index (κ1) is 22.0. The van der Waals surface area contributed by atoms with Gasteiger partial charge in [0.2, 0.25) is 0 Å². The fraction of sp³-hybridized carbons (Fsp3) is 0.500. The maximum Gasteiger partial charge on any atom is 0.340 e. The van der Waals surface area contributed by atoms with Crippen molar-refractivity contribution in [3.05, 3.63) is 12.1 Å². The minimum atomic E-state index is -4.10. The standard InChI is InChI=1S/C14H19Cl2N2O5PS2/c15-3-1-5-22-11-7-10-13(8-12(11)23-6-2-4-16)25-14(18-10)26-17-9-24(19,20)21/h7-8,17H,1-6,9H2,(H2,19,20,21). The third-order valence-corrected chi connectivity index (χ3v) is 6.12. The normalized spacial score (nSPS) is 11.8. The predicted molar refractivity (Wildman–Crippen MR) is 107 cm³/mol. The molecule has 26 heavy (non-hydrogen) atoms. The number of nitrogens with one attached hydrogen (secondary N) is 1.